The molecule has 0 aliphatic rings. The van der Waals surface area contributed by atoms with Gasteiger partial charge in [0.15, 0.2) is 0 Å². The highest BCUT2D eigenvalue weighted by atomic mass is 79.9. The van der Waals surface area contributed by atoms with E-state index in [1.165, 1.54) is 0 Å². The third-order valence-electron chi connectivity index (χ3n) is 1.61. The van der Waals surface area contributed by atoms with Crippen LogP contribution in [0.3, 0.4) is 0 Å². The number of hydrogen-bond donors (Lipinski definition) is 0. The van der Waals surface area contributed by atoms with Crippen LogP contribution in [0.2, 0.25) is 0 Å². The molecule has 0 saturated carbocycles. The SMILES string of the molecule is CC.CC(C)c1ccc(Br)c(F)c1. The Labute approximate surface area is 88.3 Å². The summed E-state index contributed by atoms with van der Waals surface area (Å²) in [4.78, 5) is 0. The molecular formula is C11H16BrF. The number of rotatable bonds is 1. The molecule has 0 N–H and O–H groups in total. The van der Waals surface area contributed by atoms with Gasteiger partial charge in [-0.2, -0.15) is 0 Å². The monoisotopic (exact) mass is 246 g/mol. The van der Waals surface area contributed by atoms with E-state index in [0.717, 1.165) is 5.56 Å². The molecule has 0 nitrogen and oxygen atoms in total. The third kappa shape index (κ3) is 3.90. The minimum absolute atomic E-state index is 0.184. The van der Waals surface area contributed by atoms with E-state index in [9.17, 15) is 4.39 Å². The van der Waals surface area contributed by atoms with Crippen LogP contribution in [0.15, 0.2) is 22.7 Å². The summed E-state index contributed by atoms with van der Waals surface area (Å²) in [6, 6.07) is 5.23. The van der Waals surface area contributed by atoms with Crippen molar-refractivity contribution in [3.63, 3.8) is 0 Å². The Hall–Kier alpha value is -0.370. The molecule has 0 bridgehead atoms. The fourth-order valence-corrected chi connectivity index (χ4v) is 1.12. The fourth-order valence-electron chi connectivity index (χ4n) is 0.871. The van der Waals surface area contributed by atoms with Gasteiger partial charge < -0.3 is 0 Å². The van der Waals surface area contributed by atoms with Crippen LogP contribution in [0.1, 0.15) is 39.2 Å². The Morgan fingerprint density at radius 3 is 2.15 bits per heavy atom. The largest absolute Gasteiger partial charge is 0.206 e. The van der Waals surface area contributed by atoms with E-state index in [-0.39, 0.29) is 5.82 Å². The Bertz CT molecular complexity index is 256. The first-order valence-corrected chi connectivity index (χ1v) is 5.35. The van der Waals surface area contributed by atoms with Crippen molar-refractivity contribution in [1.29, 1.82) is 0 Å². The molecule has 0 aliphatic carbocycles. The van der Waals surface area contributed by atoms with Gasteiger partial charge in [0.2, 0.25) is 0 Å². The van der Waals surface area contributed by atoms with Gasteiger partial charge in [0.05, 0.1) is 4.47 Å². The van der Waals surface area contributed by atoms with Crippen LogP contribution in [-0.4, -0.2) is 0 Å². The summed E-state index contributed by atoms with van der Waals surface area (Å²) in [6.45, 7) is 8.09. The van der Waals surface area contributed by atoms with Crippen LogP contribution < -0.4 is 0 Å². The Morgan fingerprint density at radius 1 is 1.23 bits per heavy atom. The number of hydrogen-bond acceptors (Lipinski definition) is 0. The van der Waals surface area contributed by atoms with Crippen molar-refractivity contribution in [3.05, 3.63) is 34.1 Å². The smallest absolute Gasteiger partial charge is 0.137 e. The molecule has 0 amide bonds. The fraction of sp³-hybridized carbons (Fsp3) is 0.455. The Kier molecular flexibility index (Phi) is 5.97. The molecule has 0 radical (unpaired) electrons. The van der Waals surface area contributed by atoms with Crippen molar-refractivity contribution >= 4 is 15.9 Å². The van der Waals surface area contributed by atoms with Crippen molar-refractivity contribution in [1.82, 2.24) is 0 Å². The summed E-state index contributed by atoms with van der Waals surface area (Å²) in [5.74, 6) is 0.203. The molecule has 1 aromatic carbocycles. The lowest BCUT2D eigenvalue weighted by Crippen LogP contribution is -1.88. The third-order valence-corrected chi connectivity index (χ3v) is 2.25. The molecule has 0 spiro atoms. The van der Waals surface area contributed by atoms with Gasteiger partial charge in [-0.3, -0.25) is 0 Å². The first kappa shape index (κ1) is 12.6. The summed E-state index contributed by atoms with van der Waals surface area (Å²) in [5, 5.41) is 0. The van der Waals surface area contributed by atoms with E-state index in [1.54, 1.807) is 12.1 Å². The molecule has 13 heavy (non-hydrogen) atoms. The van der Waals surface area contributed by atoms with Gasteiger partial charge in [0.1, 0.15) is 5.82 Å². The van der Waals surface area contributed by atoms with Crippen molar-refractivity contribution < 1.29 is 4.39 Å². The van der Waals surface area contributed by atoms with E-state index in [1.807, 2.05) is 33.8 Å². The predicted octanol–water partition coefficient (Wildman–Crippen LogP) is 4.74. The highest BCUT2D eigenvalue weighted by molar-refractivity contribution is 9.10. The lowest BCUT2D eigenvalue weighted by Gasteiger charge is -2.04. The van der Waals surface area contributed by atoms with Gasteiger partial charge in [0.25, 0.3) is 0 Å². The van der Waals surface area contributed by atoms with Crippen LogP contribution in [0, 0.1) is 5.82 Å². The molecule has 0 heterocycles. The Balaban J connectivity index is 0.000000671. The standard InChI is InChI=1S/C9H10BrF.C2H6/c1-6(2)7-3-4-8(10)9(11)5-7;1-2/h3-6H,1-2H3;1-2H3. The summed E-state index contributed by atoms with van der Waals surface area (Å²) >= 11 is 3.10. The van der Waals surface area contributed by atoms with Gasteiger partial charge in [-0.25, -0.2) is 4.39 Å². The van der Waals surface area contributed by atoms with Crippen molar-refractivity contribution in [2.45, 2.75) is 33.6 Å². The zero-order chi connectivity index (χ0) is 10.4. The van der Waals surface area contributed by atoms with Crippen molar-refractivity contribution in [2.75, 3.05) is 0 Å². The summed E-state index contributed by atoms with van der Waals surface area (Å²) in [5.41, 5.74) is 1.03. The predicted molar refractivity (Wildman–Crippen MR) is 59.5 cm³/mol. The van der Waals surface area contributed by atoms with Crippen molar-refractivity contribution in [2.24, 2.45) is 0 Å². The molecule has 0 unspecified atom stereocenters. The van der Waals surface area contributed by atoms with E-state index < -0.39 is 0 Å². The maximum absolute atomic E-state index is 12.9. The average molecular weight is 247 g/mol. The second-order valence-corrected chi connectivity index (χ2v) is 3.68. The van der Waals surface area contributed by atoms with Gasteiger partial charge in [-0.05, 0) is 39.5 Å². The van der Waals surface area contributed by atoms with Crippen LogP contribution in [0.25, 0.3) is 0 Å². The van der Waals surface area contributed by atoms with Crippen molar-refractivity contribution in [3.8, 4) is 0 Å². The normalized spacial score (nSPS) is 9.46. The highest BCUT2D eigenvalue weighted by Crippen LogP contribution is 2.20. The topological polar surface area (TPSA) is 0 Å². The lowest BCUT2D eigenvalue weighted by atomic mass is 10.0. The first-order valence-electron chi connectivity index (χ1n) is 4.56. The maximum atomic E-state index is 12.9. The zero-order valence-corrected chi connectivity index (χ0v) is 10.2. The second kappa shape index (κ2) is 6.14. The number of halogens is 2. The minimum atomic E-state index is -0.184. The van der Waals surface area contributed by atoms with E-state index in [4.69, 9.17) is 0 Å². The van der Waals surface area contributed by atoms with Gasteiger partial charge in [-0.1, -0.05) is 33.8 Å². The summed E-state index contributed by atoms with van der Waals surface area (Å²) in [6.07, 6.45) is 0. The second-order valence-electron chi connectivity index (χ2n) is 2.83. The van der Waals surface area contributed by atoms with Crippen LogP contribution in [0.5, 0.6) is 0 Å². The molecule has 1 aromatic rings. The molecule has 0 aromatic heterocycles. The Morgan fingerprint density at radius 2 is 1.77 bits per heavy atom. The molecule has 1 rings (SSSR count). The first-order chi connectivity index (χ1) is 6.11. The van der Waals surface area contributed by atoms with Crippen LogP contribution in [0.4, 0.5) is 4.39 Å². The van der Waals surface area contributed by atoms with Gasteiger partial charge >= 0.3 is 0 Å². The van der Waals surface area contributed by atoms with E-state index >= 15 is 0 Å². The molecule has 0 aliphatic heterocycles. The van der Waals surface area contributed by atoms with E-state index in [2.05, 4.69) is 15.9 Å². The van der Waals surface area contributed by atoms with Crippen LogP contribution >= 0.6 is 15.9 Å². The van der Waals surface area contributed by atoms with Gasteiger partial charge in [0, 0.05) is 0 Å². The quantitative estimate of drug-likeness (QED) is 0.672. The zero-order valence-electron chi connectivity index (χ0n) is 8.57. The average Bonchev–Trinajstić information content (AvgIpc) is 2.13. The molecular weight excluding hydrogens is 231 g/mol. The van der Waals surface area contributed by atoms with E-state index in [0.29, 0.717) is 10.4 Å². The molecule has 0 fully saturated rings. The molecule has 0 saturated heterocycles. The highest BCUT2D eigenvalue weighted by Gasteiger charge is 2.02. The number of benzene rings is 1. The summed E-state index contributed by atoms with van der Waals surface area (Å²) < 4.78 is 13.4. The molecule has 0 atom stereocenters. The summed E-state index contributed by atoms with van der Waals surface area (Å²) in [7, 11) is 0. The minimum Gasteiger partial charge on any atom is -0.206 e. The van der Waals surface area contributed by atoms with Gasteiger partial charge in [-0.15, -0.1) is 0 Å². The lowest BCUT2D eigenvalue weighted by molar-refractivity contribution is 0.616. The van der Waals surface area contributed by atoms with Crippen LogP contribution in [-0.2, 0) is 0 Å². The molecule has 2 heteroatoms. The maximum Gasteiger partial charge on any atom is 0.137 e. The molecule has 74 valence electrons.